The number of halogens is 1. The summed E-state index contributed by atoms with van der Waals surface area (Å²) < 4.78 is 3.26. The maximum absolute atomic E-state index is 4.68. The van der Waals surface area contributed by atoms with Gasteiger partial charge in [-0.1, -0.05) is 13.8 Å². The molecule has 20 heavy (non-hydrogen) atoms. The molecule has 5 heteroatoms. The third kappa shape index (κ3) is 3.93. The van der Waals surface area contributed by atoms with Crippen molar-refractivity contribution in [3.05, 3.63) is 37.7 Å². The first-order valence-electron chi connectivity index (χ1n) is 6.94. The molecule has 0 aliphatic heterocycles. The van der Waals surface area contributed by atoms with E-state index in [2.05, 4.69) is 70.2 Å². The van der Waals surface area contributed by atoms with E-state index in [1.165, 1.54) is 16.1 Å². The van der Waals surface area contributed by atoms with Crippen molar-refractivity contribution in [2.45, 2.75) is 40.8 Å². The lowest BCUT2D eigenvalue weighted by Gasteiger charge is -2.08. The maximum Gasteiger partial charge on any atom is 0.0755 e. The summed E-state index contributed by atoms with van der Waals surface area (Å²) in [6.45, 7) is 11.5. The third-order valence-electron chi connectivity index (χ3n) is 3.31. The Hall–Kier alpha value is -0.650. The molecule has 110 valence electrons. The molecule has 1 N–H and O–H groups in total. The molecule has 0 atom stereocenters. The topological polar surface area (TPSA) is 29.9 Å². The fourth-order valence-electron chi connectivity index (χ4n) is 2.21. The average molecular weight is 356 g/mol. The Morgan fingerprint density at radius 3 is 2.75 bits per heavy atom. The van der Waals surface area contributed by atoms with Crippen LogP contribution in [0.5, 0.6) is 0 Å². The highest BCUT2D eigenvalue weighted by Crippen LogP contribution is 2.22. The molecule has 0 spiro atoms. The summed E-state index contributed by atoms with van der Waals surface area (Å²) in [6, 6.07) is 2.16. The molecular weight excluding hydrogens is 334 g/mol. The Balaban J connectivity index is 2.08. The summed E-state index contributed by atoms with van der Waals surface area (Å²) in [4.78, 5) is 1.32. The fourth-order valence-corrected chi connectivity index (χ4v) is 3.65. The van der Waals surface area contributed by atoms with Crippen molar-refractivity contribution in [2.75, 3.05) is 6.54 Å². The molecule has 0 saturated heterocycles. The van der Waals surface area contributed by atoms with Gasteiger partial charge in [-0.2, -0.15) is 5.10 Å². The molecule has 0 aromatic carbocycles. The Kier molecular flexibility index (Phi) is 5.41. The highest BCUT2D eigenvalue weighted by atomic mass is 79.9. The first-order valence-corrected chi connectivity index (χ1v) is 8.61. The van der Waals surface area contributed by atoms with E-state index in [-0.39, 0.29) is 0 Å². The van der Waals surface area contributed by atoms with Crippen LogP contribution in [0, 0.1) is 19.8 Å². The molecule has 0 saturated carbocycles. The average Bonchev–Trinajstić information content (AvgIpc) is 2.88. The molecule has 2 heterocycles. The van der Waals surface area contributed by atoms with Crippen LogP contribution in [0.25, 0.3) is 0 Å². The quantitative estimate of drug-likeness (QED) is 0.844. The lowest BCUT2D eigenvalue weighted by Crippen LogP contribution is -2.19. The van der Waals surface area contributed by atoms with Crippen LogP contribution in [-0.2, 0) is 13.1 Å². The second-order valence-electron chi connectivity index (χ2n) is 5.56. The Labute approximate surface area is 133 Å². The number of aryl methyl sites for hydroxylation is 1. The monoisotopic (exact) mass is 355 g/mol. The molecule has 3 nitrogen and oxygen atoms in total. The highest BCUT2D eigenvalue weighted by Gasteiger charge is 2.12. The van der Waals surface area contributed by atoms with Crippen LogP contribution >= 0.6 is 27.3 Å². The first-order chi connectivity index (χ1) is 9.47. The van der Waals surface area contributed by atoms with Crippen LogP contribution in [0.2, 0.25) is 0 Å². The van der Waals surface area contributed by atoms with Crippen molar-refractivity contribution in [2.24, 2.45) is 5.92 Å². The van der Waals surface area contributed by atoms with E-state index in [1.807, 2.05) is 0 Å². The van der Waals surface area contributed by atoms with Crippen LogP contribution < -0.4 is 5.32 Å². The number of nitrogens with one attached hydrogen (secondary N) is 1. The maximum atomic E-state index is 4.68. The zero-order valence-corrected chi connectivity index (χ0v) is 14.9. The van der Waals surface area contributed by atoms with Gasteiger partial charge in [0.1, 0.15) is 0 Å². The highest BCUT2D eigenvalue weighted by molar-refractivity contribution is 9.10. The van der Waals surface area contributed by atoms with Gasteiger partial charge in [-0.25, -0.2) is 0 Å². The van der Waals surface area contributed by atoms with Gasteiger partial charge in [-0.05, 0) is 48.3 Å². The van der Waals surface area contributed by atoms with Crippen molar-refractivity contribution in [1.29, 1.82) is 0 Å². The Bertz CT molecular complexity index is 572. The number of aromatic nitrogens is 2. The molecular formula is C15H22BrN3S. The SMILES string of the molecule is Cc1nn(Cc2cc(Br)cs2)c(C)c1CNCC(C)C. The summed E-state index contributed by atoms with van der Waals surface area (Å²) in [5.41, 5.74) is 3.74. The summed E-state index contributed by atoms with van der Waals surface area (Å²) in [7, 11) is 0. The zero-order chi connectivity index (χ0) is 14.7. The van der Waals surface area contributed by atoms with Crippen LogP contribution in [0.1, 0.15) is 35.7 Å². The molecule has 0 aliphatic carbocycles. The van der Waals surface area contributed by atoms with Crippen molar-refractivity contribution in [3.8, 4) is 0 Å². The second-order valence-corrected chi connectivity index (χ2v) is 7.47. The van der Waals surface area contributed by atoms with E-state index in [0.29, 0.717) is 5.92 Å². The van der Waals surface area contributed by atoms with Gasteiger partial charge in [0.2, 0.25) is 0 Å². The van der Waals surface area contributed by atoms with E-state index in [1.54, 1.807) is 11.3 Å². The van der Waals surface area contributed by atoms with Gasteiger partial charge in [0.15, 0.2) is 0 Å². The number of hydrogen-bond acceptors (Lipinski definition) is 3. The molecule has 0 amide bonds. The van der Waals surface area contributed by atoms with Crippen LogP contribution in [0.4, 0.5) is 0 Å². The minimum Gasteiger partial charge on any atom is -0.312 e. The summed E-state index contributed by atoms with van der Waals surface area (Å²) in [5.74, 6) is 0.675. The minimum absolute atomic E-state index is 0.675. The van der Waals surface area contributed by atoms with E-state index in [4.69, 9.17) is 0 Å². The summed E-state index contributed by atoms with van der Waals surface area (Å²) >= 11 is 5.27. The van der Waals surface area contributed by atoms with E-state index in [9.17, 15) is 0 Å². The van der Waals surface area contributed by atoms with Gasteiger partial charge in [-0.3, -0.25) is 4.68 Å². The van der Waals surface area contributed by atoms with Crippen LogP contribution in [0.3, 0.4) is 0 Å². The predicted octanol–water partition coefficient (Wildman–Crippen LogP) is 4.12. The summed E-state index contributed by atoms with van der Waals surface area (Å²) in [5, 5.41) is 10.3. The molecule has 0 fully saturated rings. The Morgan fingerprint density at radius 2 is 2.15 bits per heavy atom. The molecule has 2 aromatic rings. The lowest BCUT2D eigenvalue weighted by atomic mass is 10.2. The number of nitrogens with zero attached hydrogens (tertiary/aromatic N) is 2. The van der Waals surface area contributed by atoms with E-state index >= 15 is 0 Å². The number of hydrogen-bond donors (Lipinski definition) is 1. The third-order valence-corrected chi connectivity index (χ3v) is 5.00. The van der Waals surface area contributed by atoms with Crippen LogP contribution in [-0.4, -0.2) is 16.3 Å². The normalized spacial score (nSPS) is 11.5. The van der Waals surface area contributed by atoms with Gasteiger partial charge in [-0.15, -0.1) is 11.3 Å². The molecule has 0 unspecified atom stereocenters. The predicted molar refractivity (Wildman–Crippen MR) is 89.4 cm³/mol. The number of rotatable bonds is 6. The molecule has 2 rings (SSSR count). The summed E-state index contributed by atoms with van der Waals surface area (Å²) in [6.07, 6.45) is 0. The van der Waals surface area contributed by atoms with Gasteiger partial charge in [0, 0.05) is 32.5 Å². The van der Waals surface area contributed by atoms with Gasteiger partial charge in [0.25, 0.3) is 0 Å². The Morgan fingerprint density at radius 1 is 1.40 bits per heavy atom. The molecule has 2 aromatic heterocycles. The van der Waals surface area contributed by atoms with E-state index in [0.717, 1.165) is 29.8 Å². The van der Waals surface area contributed by atoms with Gasteiger partial charge in [0.05, 0.1) is 12.2 Å². The second kappa shape index (κ2) is 6.87. The van der Waals surface area contributed by atoms with E-state index < -0.39 is 0 Å². The van der Waals surface area contributed by atoms with Crippen LogP contribution in [0.15, 0.2) is 15.9 Å². The molecule has 0 aliphatic rings. The molecule has 0 radical (unpaired) electrons. The largest absolute Gasteiger partial charge is 0.312 e. The van der Waals surface area contributed by atoms with Crippen molar-refractivity contribution < 1.29 is 0 Å². The van der Waals surface area contributed by atoms with Crippen molar-refractivity contribution in [3.63, 3.8) is 0 Å². The molecule has 0 bridgehead atoms. The lowest BCUT2D eigenvalue weighted by molar-refractivity contribution is 0.550. The first kappa shape index (κ1) is 15.7. The smallest absolute Gasteiger partial charge is 0.0755 e. The standard InChI is InChI=1S/C15H22BrN3S/c1-10(2)6-17-7-15-11(3)18-19(12(15)4)8-14-5-13(16)9-20-14/h5,9-10,17H,6-8H2,1-4H3. The van der Waals surface area contributed by atoms with Gasteiger partial charge >= 0.3 is 0 Å². The number of thiophene rings is 1. The fraction of sp³-hybridized carbons (Fsp3) is 0.533. The minimum atomic E-state index is 0.675. The van der Waals surface area contributed by atoms with Crippen molar-refractivity contribution in [1.82, 2.24) is 15.1 Å². The van der Waals surface area contributed by atoms with Crippen molar-refractivity contribution >= 4 is 27.3 Å². The zero-order valence-electron chi connectivity index (χ0n) is 12.5. The van der Waals surface area contributed by atoms with Gasteiger partial charge < -0.3 is 5.32 Å².